The molecule has 0 fully saturated rings. The molecule has 0 bridgehead atoms. The second-order valence-corrected chi connectivity index (χ2v) is 8.37. The largest absolute Gasteiger partial charge is 0.488 e. The second kappa shape index (κ2) is 10.6. The molecule has 0 heterocycles. The predicted octanol–water partition coefficient (Wildman–Crippen LogP) is 6.40. The molecular weight excluding hydrogens is 476 g/mol. The molecule has 0 unspecified atom stereocenters. The van der Waals surface area contributed by atoms with Gasteiger partial charge >= 0.3 is 0 Å². The highest BCUT2D eigenvalue weighted by Gasteiger charge is 2.13. The molecule has 0 aromatic heterocycles. The van der Waals surface area contributed by atoms with Crippen molar-refractivity contribution in [3.63, 3.8) is 0 Å². The van der Waals surface area contributed by atoms with Crippen molar-refractivity contribution in [2.24, 2.45) is 0 Å². The van der Waals surface area contributed by atoms with E-state index in [0.29, 0.717) is 24.5 Å². The normalized spacial score (nSPS) is 11.1. The molecular formula is C28H21BrN2O2. The number of benzene rings is 4. The summed E-state index contributed by atoms with van der Waals surface area (Å²) in [6, 6.07) is 31.2. The maximum Gasteiger partial charge on any atom is 0.262 e. The molecule has 4 aromatic carbocycles. The maximum absolute atomic E-state index is 12.8. The summed E-state index contributed by atoms with van der Waals surface area (Å²) in [4.78, 5) is 12.8. The summed E-state index contributed by atoms with van der Waals surface area (Å²) < 4.78 is 7.13. The van der Waals surface area contributed by atoms with E-state index in [9.17, 15) is 10.1 Å². The van der Waals surface area contributed by atoms with Crippen LogP contribution in [0.25, 0.3) is 16.8 Å². The molecule has 162 valence electrons. The van der Waals surface area contributed by atoms with Crippen LogP contribution in [0, 0.1) is 11.3 Å². The molecule has 4 nitrogen and oxygen atoms in total. The second-order valence-electron chi connectivity index (χ2n) is 7.45. The molecule has 0 saturated carbocycles. The molecule has 4 aromatic rings. The number of fused-ring (bicyclic) bond motifs is 1. The van der Waals surface area contributed by atoms with Crippen LogP contribution < -0.4 is 10.1 Å². The molecule has 0 aliphatic carbocycles. The van der Waals surface area contributed by atoms with Crippen molar-refractivity contribution in [1.29, 1.82) is 5.26 Å². The average Bonchev–Trinajstić information content (AvgIpc) is 2.86. The van der Waals surface area contributed by atoms with Gasteiger partial charge in [0.1, 0.15) is 24.0 Å². The van der Waals surface area contributed by atoms with Gasteiger partial charge in [0.15, 0.2) is 0 Å². The first-order valence-corrected chi connectivity index (χ1v) is 11.3. The van der Waals surface area contributed by atoms with E-state index in [0.717, 1.165) is 26.4 Å². The number of nitriles is 1. The fourth-order valence-corrected chi connectivity index (χ4v) is 3.72. The summed E-state index contributed by atoms with van der Waals surface area (Å²) in [5.74, 6) is 0.188. The van der Waals surface area contributed by atoms with Gasteiger partial charge in [-0.2, -0.15) is 5.26 Å². The summed E-state index contributed by atoms with van der Waals surface area (Å²) in [5.41, 5.74) is 2.71. The number of carbonyl (C=O) groups is 1. The van der Waals surface area contributed by atoms with Gasteiger partial charge in [-0.15, -0.1) is 0 Å². The van der Waals surface area contributed by atoms with Gasteiger partial charge in [-0.05, 0) is 46.2 Å². The number of nitrogens with zero attached hydrogens (tertiary/aromatic N) is 1. The topological polar surface area (TPSA) is 62.1 Å². The highest BCUT2D eigenvalue weighted by molar-refractivity contribution is 9.10. The molecule has 0 spiro atoms. The summed E-state index contributed by atoms with van der Waals surface area (Å²) in [6.07, 6.45) is 1.61. The molecule has 0 aliphatic rings. The lowest BCUT2D eigenvalue weighted by molar-refractivity contribution is -0.117. The first-order chi connectivity index (χ1) is 16.1. The van der Waals surface area contributed by atoms with Crippen LogP contribution in [0.4, 0.5) is 0 Å². The van der Waals surface area contributed by atoms with Gasteiger partial charge in [-0.1, -0.05) is 88.7 Å². The zero-order valence-corrected chi connectivity index (χ0v) is 19.4. The fraction of sp³-hybridized carbons (Fsp3) is 0.0714. The lowest BCUT2D eigenvalue weighted by Crippen LogP contribution is -2.23. The van der Waals surface area contributed by atoms with E-state index >= 15 is 0 Å². The SMILES string of the molecule is N#CC(=Cc1c(OCc2ccc(Br)cc2)ccc2ccccc12)C(=O)NCc1ccccc1. The minimum absolute atomic E-state index is 0.0239. The molecule has 5 heteroatoms. The smallest absolute Gasteiger partial charge is 0.262 e. The molecule has 0 radical (unpaired) electrons. The first kappa shape index (κ1) is 22.3. The van der Waals surface area contributed by atoms with Crippen molar-refractivity contribution in [1.82, 2.24) is 5.32 Å². The Labute approximate surface area is 201 Å². The molecule has 1 amide bonds. The summed E-state index contributed by atoms with van der Waals surface area (Å²) in [6.45, 7) is 0.718. The van der Waals surface area contributed by atoms with E-state index < -0.39 is 5.91 Å². The van der Waals surface area contributed by atoms with Crippen molar-refractivity contribution in [2.75, 3.05) is 0 Å². The number of amides is 1. The van der Waals surface area contributed by atoms with Gasteiger partial charge in [0.05, 0.1) is 0 Å². The Morgan fingerprint density at radius 1 is 0.909 bits per heavy atom. The van der Waals surface area contributed by atoms with Crippen molar-refractivity contribution >= 4 is 38.7 Å². The highest BCUT2D eigenvalue weighted by atomic mass is 79.9. The van der Waals surface area contributed by atoms with Crippen LogP contribution in [0.5, 0.6) is 5.75 Å². The monoisotopic (exact) mass is 496 g/mol. The van der Waals surface area contributed by atoms with E-state index in [1.54, 1.807) is 6.08 Å². The lowest BCUT2D eigenvalue weighted by atomic mass is 10.0. The van der Waals surface area contributed by atoms with Gasteiger partial charge in [0.2, 0.25) is 0 Å². The third kappa shape index (κ3) is 5.68. The molecule has 0 aliphatic heterocycles. The van der Waals surface area contributed by atoms with Gasteiger partial charge in [0, 0.05) is 16.6 Å². The minimum atomic E-state index is -0.423. The van der Waals surface area contributed by atoms with Crippen LogP contribution in [0.15, 0.2) is 101 Å². The summed E-state index contributed by atoms with van der Waals surface area (Å²) >= 11 is 3.44. The number of hydrogen-bond acceptors (Lipinski definition) is 3. The number of ether oxygens (including phenoxy) is 1. The number of rotatable bonds is 7. The van der Waals surface area contributed by atoms with Crippen LogP contribution in [-0.2, 0) is 17.9 Å². The molecule has 33 heavy (non-hydrogen) atoms. The molecule has 1 N–H and O–H groups in total. The molecule has 0 saturated heterocycles. The van der Waals surface area contributed by atoms with Crippen molar-refractivity contribution in [3.05, 3.63) is 118 Å². The van der Waals surface area contributed by atoms with Crippen molar-refractivity contribution < 1.29 is 9.53 Å². The lowest BCUT2D eigenvalue weighted by Gasteiger charge is -2.13. The van der Waals surface area contributed by atoms with Crippen LogP contribution in [0.2, 0.25) is 0 Å². The van der Waals surface area contributed by atoms with Crippen LogP contribution >= 0.6 is 15.9 Å². The Morgan fingerprint density at radius 2 is 1.64 bits per heavy atom. The van der Waals surface area contributed by atoms with Gasteiger partial charge in [0.25, 0.3) is 5.91 Å². The number of hydrogen-bond donors (Lipinski definition) is 1. The quantitative estimate of drug-likeness (QED) is 0.237. The number of carbonyl (C=O) groups excluding carboxylic acids is 1. The Balaban J connectivity index is 1.63. The number of nitrogens with one attached hydrogen (secondary N) is 1. The van der Waals surface area contributed by atoms with Crippen molar-refractivity contribution in [3.8, 4) is 11.8 Å². The van der Waals surface area contributed by atoms with E-state index in [-0.39, 0.29) is 5.57 Å². The van der Waals surface area contributed by atoms with Gasteiger partial charge in [-0.25, -0.2) is 0 Å². The Morgan fingerprint density at radius 3 is 2.39 bits per heavy atom. The van der Waals surface area contributed by atoms with Crippen molar-refractivity contribution in [2.45, 2.75) is 13.2 Å². The zero-order valence-electron chi connectivity index (χ0n) is 17.8. The highest BCUT2D eigenvalue weighted by Crippen LogP contribution is 2.31. The Hall–Kier alpha value is -3.88. The number of halogens is 1. The summed E-state index contributed by atoms with van der Waals surface area (Å²) in [5, 5.41) is 14.5. The standard InChI is InChI=1S/C28H21BrN2O2/c29-24-13-10-21(11-14-24)19-33-27-15-12-22-8-4-5-9-25(22)26(27)16-23(17-30)28(32)31-18-20-6-2-1-3-7-20/h1-16H,18-19H2,(H,31,32). The Bertz CT molecular complexity index is 1340. The first-order valence-electron chi connectivity index (χ1n) is 10.5. The zero-order chi connectivity index (χ0) is 23.0. The van der Waals surface area contributed by atoms with Crippen LogP contribution in [0.3, 0.4) is 0 Å². The third-order valence-electron chi connectivity index (χ3n) is 5.19. The maximum atomic E-state index is 12.8. The van der Waals surface area contributed by atoms with Gasteiger partial charge < -0.3 is 10.1 Å². The van der Waals surface area contributed by atoms with Gasteiger partial charge in [-0.3, -0.25) is 4.79 Å². The predicted molar refractivity (Wildman–Crippen MR) is 134 cm³/mol. The van der Waals surface area contributed by atoms with E-state index in [4.69, 9.17) is 4.74 Å². The third-order valence-corrected chi connectivity index (χ3v) is 5.72. The van der Waals surface area contributed by atoms with E-state index in [1.165, 1.54) is 0 Å². The average molecular weight is 497 g/mol. The molecule has 0 atom stereocenters. The molecule has 4 rings (SSSR count). The van der Waals surface area contributed by atoms with Crippen LogP contribution in [-0.4, -0.2) is 5.91 Å². The fourth-order valence-electron chi connectivity index (χ4n) is 3.46. The van der Waals surface area contributed by atoms with E-state index in [1.807, 2.05) is 97.1 Å². The van der Waals surface area contributed by atoms with Crippen LogP contribution in [0.1, 0.15) is 16.7 Å². The van der Waals surface area contributed by atoms with E-state index in [2.05, 4.69) is 21.2 Å². The Kier molecular flexibility index (Phi) is 7.19. The minimum Gasteiger partial charge on any atom is -0.488 e. The summed E-state index contributed by atoms with van der Waals surface area (Å²) in [7, 11) is 0.